The molecule has 41 heavy (non-hydrogen) atoms. The van der Waals surface area contributed by atoms with E-state index in [1.165, 1.54) is 35.9 Å². The maximum Gasteiger partial charge on any atom is 0.416 e. The van der Waals surface area contributed by atoms with Crippen molar-refractivity contribution in [1.29, 1.82) is 0 Å². The first-order valence-electron chi connectivity index (χ1n) is 12.7. The second-order valence-electron chi connectivity index (χ2n) is 10.8. The Morgan fingerprint density at radius 2 is 1.61 bits per heavy atom. The molecule has 3 aromatic rings. The number of halogens is 7. The molecule has 0 aliphatic carbocycles. The van der Waals surface area contributed by atoms with Crippen LogP contribution in [0.15, 0.2) is 47.3 Å². The fraction of sp³-hybridized carbons (Fsp3) is 0.481. The van der Waals surface area contributed by atoms with Gasteiger partial charge in [0.15, 0.2) is 6.29 Å². The molecule has 14 heteroatoms. The van der Waals surface area contributed by atoms with Crippen LogP contribution in [0.1, 0.15) is 67.9 Å². The molecule has 1 fully saturated rings. The maximum absolute atomic E-state index is 13.7. The predicted octanol–water partition coefficient (Wildman–Crippen LogP) is 6.18. The molecule has 3 atom stereocenters. The number of benzene rings is 2. The predicted molar refractivity (Wildman–Crippen MR) is 133 cm³/mol. The van der Waals surface area contributed by atoms with E-state index in [2.05, 4.69) is 10.1 Å². The van der Waals surface area contributed by atoms with Crippen LogP contribution in [0.25, 0.3) is 0 Å². The third-order valence-electron chi connectivity index (χ3n) is 6.59. The van der Waals surface area contributed by atoms with Crippen LogP contribution in [0.5, 0.6) is 0 Å². The number of ether oxygens (including phenoxy) is 2. The lowest BCUT2D eigenvalue weighted by atomic mass is 10.0. The smallest absolute Gasteiger partial charge is 0.349 e. The van der Waals surface area contributed by atoms with Crippen LogP contribution >= 0.6 is 0 Å². The van der Waals surface area contributed by atoms with Crippen molar-refractivity contribution in [2.24, 2.45) is 0 Å². The van der Waals surface area contributed by atoms with Crippen LogP contribution in [-0.4, -0.2) is 39.1 Å². The van der Waals surface area contributed by atoms with Crippen molar-refractivity contribution in [1.82, 2.24) is 19.7 Å². The molecule has 224 valence electrons. The Morgan fingerprint density at radius 1 is 1.02 bits per heavy atom. The lowest BCUT2D eigenvalue weighted by Gasteiger charge is -2.41. The van der Waals surface area contributed by atoms with Gasteiger partial charge in [-0.15, -0.1) is 0 Å². The summed E-state index contributed by atoms with van der Waals surface area (Å²) in [6.07, 6.45) is -12.5. The number of hydrogen-bond acceptors (Lipinski definition) is 5. The Bertz CT molecular complexity index is 1380. The van der Waals surface area contributed by atoms with Gasteiger partial charge in [-0.1, -0.05) is 12.1 Å². The lowest BCUT2D eigenvalue weighted by Crippen LogP contribution is -2.46. The van der Waals surface area contributed by atoms with Crippen LogP contribution in [0.3, 0.4) is 0 Å². The first-order valence-corrected chi connectivity index (χ1v) is 12.7. The van der Waals surface area contributed by atoms with Gasteiger partial charge in [-0.25, -0.2) is 13.9 Å². The van der Waals surface area contributed by atoms with Crippen LogP contribution < -0.4 is 5.69 Å². The minimum atomic E-state index is -5.02. The largest absolute Gasteiger partial charge is 0.416 e. The Kier molecular flexibility index (Phi) is 8.40. The highest BCUT2D eigenvalue weighted by atomic mass is 19.4. The standard InChI is InChI=1S/C27H29F7N4O3/c1-15(17-11-18(26(29,30)31)13-19(12-17)27(32,33)34)41-23-22(16-5-7-20(28)8-6-16)37(9-10-40-23)14-21-35-24(39)38(36-21)25(2,3)4/h5-8,11-13,15,22-23H,9-10,14H2,1-4H3,(H,35,36,39). The summed E-state index contributed by atoms with van der Waals surface area (Å²) in [4.78, 5) is 17.0. The van der Waals surface area contributed by atoms with Gasteiger partial charge in [-0.2, -0.15) is 31.4 Å². The number of alkyl halides is 6. The number of rotatable bonds is 6. The van der Waals surface area contributed by atoms with Crippen molar-refractivity contribution in [2.45, 2.75) is 70.6 Å². The van der Waals surface area contributed by atoms with E-state index in [1.54, 1.807) is 20.8 Å². The van der Waals surface area contributed by atoms with E-state index in [9.17, 15) is 35.5 Å². The Labute approximate surface area is 230 Å². The summed E-state index contributed by atoms with van der Waals surface area (Å²) in [7, 11) is 0. The summed E-state index contributed by atoms with van der Waals surface area (Å²) >= 11 is 0. The number of aromatic nitrogens is 3. The number of nitrogens with one attached hydrogen (secondary N) is 1. The fourth-order valence-electron chi connectivity index (χ4n) is 4.59. The first kappa shape index (κ1) is 30.7. The highest BCUT2D eigenvalue weighted by Crippen LogP contribution is 2.39. The molecule has 0 saturated carbocycles. The second kappa shape index (κ2) is 11.2. The van der Waals surface area contributed by atoms with Crippen LogP contribution in [0, 0.1) is 5.82 Å². The van der Waals surface area contributed by atoms with Crippen molar-refractivity contribution < 1.29 is 40.2 Å². The molecule has 0 radical (unpaired) electrons. The average molecular weight is 591 g/mol. The molecule has 1 N–H and O–H groups in total. The van der Waals surface area contributed by atoms with Crippen LogP contribution in [0.4, 0.5) is 30.7 Å². The Morgan fingerprint density at radius 3 is 2.12 bits per heavy atom. The zero-order chi connectivity index (χ0) is 30.3. The fourth-order valence-corrected chi connectivity index (χ4v) is 4.59. The van der Waals surface area contributed by atoms with Crippen molar-refractivity contribution >= 4 is 0 Å². The third-order valence-corrected chi connectivity index (χ3v) is 6.59. The maximum atomic E-state index is 13.7. The van der Waals surface area contributed by atoms with Gasteiger partial charge in [0.25, 0.3) is 0 Å². The molecule has 0 bridgehead atoms. The monoisotopic (exact) mass is 590 g/mol. The zero-order valence-electron chi connectivity index (χ0n) is 22.6. The first-order chi connectivity index (χ1) is 18.9. The normalized spacial score (nSPS) is 19.9. The van der Waals surface area contributed by atoms with Crippen LogP contribution in [0.2, 0.25) is 0 Å². The summed E-state index contributed by atoms with van der Waals surface area (Å²) in [5, 5.41) is 4.37. The number of aromatic amines is 1. The molecule has 1 aliphatic heterocycles. The second-order valence-corrected chi connectivity index (χ2v) is 10.8. The van der Waals surface area contributed by atoms with Crippen molar-refractivity contribution in [3.8, 4) is 0 Å². The van der Waals surface area contributed by atoms with E-state index in [4.69, 9.17) is 9.47 Å². The number of H-pyrrole nitrogens is 1. The molecule has 2 heterocycles. The molecular formula is C27H29F7N4O3. The zero-order valence-corrected chi connectivity index (χ0v) is 22.6. The lowest BCUT2D eigenvalue weighted by molar-refractivity contribution is -0.231. The topological polar surface area (TPSA) is 72.4 Å². The van der Waals surface area contributed by atoms with Crippen LogP contribution in [-0.2, 0) is 33.9 Å². The molecule has 0 spiro atoms. The minimum absolute atomic E-state index is 0.0495. The van der Waals surface area contributed by atoms with E-state index < -0.39 is 59.0 Å². The van der Waals surface area contributed by atoms with E-state index in [1.807, 2.05) is 4.90 Å². The van der Waals surface area contributed by atoms with E-state index >= 15 is 0 Å². The van der Waals surface area contributed by atoms with Gasteiger partial charge in [0.05, 0.1) is 42.0 Å². The Hall–Kier alpha value is -3.23. The van der Waals surface area contributed by atoms with E-state index in [0.717, 1.165) is 0 Å². The minimum Gasteiger partial charge on any atom is -0.349 e. The van der Waals surface area contributed by atoms with Gasteiger partial charge in [-0.05, 0) is 69.2 Å². The summed E-state index contributed by atoms with van der Waals surface area (Å²) in [5.41, 5.74) is -3.78. The van der Waals surface area contributed by atoms with Gasteiger partial charge in [0, 0.05) is 6.54 Å². The van der Waals surface area contributed by atoms with Gasteiger partial charge in [0.1, 0.15) is 11.6 Å². The van der Waals surface area contributed by atoms with Gasteiger partial charge < -0.3 is 9.47 Å². The molecule has 1 saturated heterocycles. The Balaban J connectivity index is 1.68. The number of morpholine rings is 1. The van der Waals surface area contributed by atoms with Gasteiger partial charge >= 0.3 is 18.0 Å². The number of hydrogen-bond donors (Lipinski definition) is 1. The summed E-state index contributed by atoms with van der Waals surface area (Å²) in [5.74, 6) is -0.196. The summed E-state index contributed by atoms with van der Waals surface area (Å²) in [6, 6.07) is 5.87. The van der Waals surface area contributed by atoms with Crippen molar-refractivity contribution in [2.75, 3.05) is 13.2 Å². The molecule has 1 aliphatic rings. The highest BCUT2D eigenvalue weighted by Gasteiger charge is 2.39. The molecule has 7 nitrogen and oxygen atoms in total. The molecule has 1 aromatic heterocycles. The molecule has 0 amide bonds. The molecule has 3 unspecified atom stereocenters. The van der Waals surface area contributed by atoms with Gasteiger partial charge in [0.2, 0.25) is 0 Å². The summed E-state index contributed by atoms with van der Waals surface area (Å²) < 4.78 is 107. The third kappa shape index (κ3) is 7.16. The average Bonchev–Trinajstić information content (AvgIpc) is 3.24. The van der Waals surface area contributed by atoms with E-state index in [0.29, 0.717) is 30.1 Å². The summed E-state index contributed by atoms with van der Waals surface area (Å²) in [6.45, 7) is 7.23. The molecular weight excluding hydrogens is 561 g/mol. The van der Waals surface area contributed by atoms with E-state index in [-0.39, 0.29) is 24.8 Å². The molecule has 4 rings (SSSR count). The number of nitrogens with zero attached hydrogens (tertiary/aromatic N) is 3. The van der Waals surface area contributed by atoms with Gasteiger partial charge in [-0.3, -0.25) is 9.88 Å². The quantitative estimate of drug-likeness (QED) is 0.347. The van der Waals surface area contributed by atoms with Crippen molar-refractivity contribution in [3.63, 3.8) is 0 Å². The molecule has 2 aromatic carbocycles. The van der Waals surface area contributed by atoms with Crippen molar-refractivity contribution in [3.05, 3.63) is 86.8 Å². The highest BCUT2D eigenvalue weighted by molar-refractivity contribution is 5.34. The SMILES string of the molecule is CC(OC1OCCN(Cc2nn(C(C)(C)C)c(=O)[nH]2)C1c1ccc(F)cc1)c1cc(C(F)(F)F)cc(C(F)(F)F)c1.